The zero-order valence-electron chi connectivity index (χ0n) is 7.33. The summed E-state index contributed by atoms with van der Waals surface area (Å²) >= 11 is 0. The number of allylic oxidation sites excluding steroid dienone is 1. The van der Waals surface area contributed by atoms with Gasteiger partial charge < -0.3 is 0 Å². The summed E-state index contributed by atoms with van der Waals surface area (Å²) in [7, 11) is 1.92. The second-order valence-corrected chi connectivity index (χ2v) is 3.33. The van der Waals surface area contributed by atoms with Crippen molar-refractivity contribution >= 4 is 0 Å². The lowest BCUT2D eigenvalue weighted by atomic mass is 9.87. The standard InChI is InChI=1S/C9H14N2/c1-5-9(2,3)8-6-10-11(4)7-8/h5-7H,1H2,2-4H3. The van der Waals surface area contributed by atoms with E-state index < -0.39 is 0 Å². The minimum atomic E-state index is 0.0360. The Morgan fingerprint density at radius 2 is 2.27 bits per heavy atom. The van der Waals surface area contributed by atoms with E-state index in [9.17, 15) is 0 Å². The molecule has 0 unspecified atom stereocenters. The first-order valence-corrected chi connectivity index (χ1v) is 3.69. The zero-order valence-corrected chi connectivity index (χ0v) is 7.33. The maximum Gasteiger partial charge on any atom is 0.0530 e. The Morgan fingerprint density at radius 1 is 1.64 bits per heavy atom. The molecule has 2 heteroatoms. The van der Waals surface area contributed by atoms with Gasteiger partial charge in [-0.3, -0.25) is 4.68 Å². The second kappa shape index (κ2) is 2.53. The summed E-state index contributed by atoms with van der Waals surface area (Å²) in [5, 5.41) is 4.10. The Kier molecular flexibility index (Phi) is 1.85. The highest BCUT2D eigenvalue weighted by Gasteiger charge is 2.16. The van der Waals surface area contributed by atoms with E-state index in [2.05, 4.69) is 25.5 Å². The van der Waals surface area contributed by atoms with Crippen molar-refractivity contribution in [3.63, 3.8) is 0 Å². The van der Waals surface area contributed by atoms with Crippen molar-refractivity contribution in [3.05, 3.63) is 30.6 Å². The van der Waals surface area contributed by atoms with Gasteiger partial charge in [-0.05, 0) is 5.56 Å². The normalized spacial score (nSPS) is 11.5. The number of nitrogens with zero attached hydrogens (tertiary/aromatic N) is 2. The third kappa shape index (κ3) is 1.50. The predicted molar refractivity (Wildman–Crippen MR) is 46.4 cm³/mol. The quantitative estimate of drug-likeness (QED) is 0.589. The summed E-state index contributed by atoms with van der Waals surface area (Å²) < 4.78 is 1.81. The molecule has 0 N–H and O–H groups in total. The smallest absolute Gasteiger partial charge is 0.0530 e. The maximum absolute atomic E-state index is 4.10. The highest BCUT2D eigenvalue weighted by Crippen LogP contribution is 2.22. The Labute approximate surface area is 67.5 Å². The number of hydrogen-bond donors (Lipinski definition) is 0. The summed E-state index contributed by atoms with van der Waals surface area (Å²) in [6.45, 7) is 8.03. The Bertz CT molecular complexity index is 258. The second-order valence-electron chi connectivity index (χ2n) is 3.33. The van der Waals surface area contributed by atoms with E-state index in [4.69, 9.17) is 0 Å². The van der Waals surface area contributed by atoms with Crippen LogP contribution in [0.2, 0.25) is 0 Å². The van der Waals surface area contributed by atoms with Crippen LogP contribution in [0.5, 0.6) is 0 Å². The third-order valence-electron chi connectivity index (χ3n) is 1.96. The molecule has 1 rings (SSSR count). The molecule has 0 aliphatic carbocycles. The molecule has 0 aromatic carbocycles. The molecule has 0 aliphatic rings. The van der Waals surface area contributed by atoms with Gasteiger partial charge in [-0.25, -0.2) is 0 Å². The molecule has 0 fully saturated rings. The Hall–Kier alpha value is -1.05. The van der Waals surface area contributed by atoms with Crippen molar-refractivity contribution in [1.82, 2.24) is 9.78 Å². The third-order valence-corrected chi connectivity index (χ3v) is 1.96. The molecule has 60 valence electrons. The van der Waals surface area contributed by atoms with E-state index in [1.165, 1.54) is 5.56 Å². The lowest BCUT2D eigenvalue weighted by Gasteiger charge is -2.16. The fraction of sp³-hybridized carbons (Fsp3) is 0.444. The highest BCUT2D eigenvalue weighted by molar-refractivity contribution is 5.22. The van der Waals surface area contributed by atoms with Crippen LogP contribution in [0.1, 0.15) is 19.4 Å². The van der Waals surface area contributed by atoms with Crippen molar-refractivity contribution in [2.24, 2.45) is 7.05 Å². The lowest BCUT2D eigenvalue weighted by Crippen LogP contribution is -2.11. The first-order valence-electron chi connectivity index (χ1n) is 3.69. The first kappa shape index (κ1) is 8.05. The fourth-order valence-corrected chi connectivity index (χ4v) is 0.872. The minimum absolute atomic E-state index is 0.0360. The minimum Gasteiger partial charge on any atom is -0.276 e. The average molecular weight is 150 g/mol. The van der Waals surface area contributed by atoms with Crippen molar-refractivity contribution in [3.8, 4) is 0 Å². The van der Waals surface area contributed by atoms with Crippen molar-refractivity contribution in [1.29, 1.82) is 0 Å². The van der Waals surface area contributed by atoms with Gasteiger partial charge in [0.05, 0.1) is 6.20 Å². The van der Waals surface area contributed by atoms with E-state index in [-0.39, 0.29) is 5.41 Å². The average Bonchev–Trinajstić information content (AvgIpc) is 2.36. The largest absolute Gasteiger partial charge is 0.276 e. The fourth-order valence-electron chi connectivity index (χ4n) is 0.872. The van der Waals surface area contributed by atoms with Gasteiger partial charge in [0.25, 0.3) is 0 Å². The van der Waals surface area contributed by atoms with Crippen LogP contribution < -0.4 is 0 Å². The summed E-state index contributed by atoms with van der Waals surface area (Å²) in [5.41, 5.74) is 1.24. The van der Waals surface area contributed by atoms with E-state index in [0.29, 0.717) is 0 Å². The van der Waals surface area contributed by atoms with Gasteiger partial charge in [0.1, 0.15) is 0 Å². The first-order chi connectivity index (χ1) is 5.06. The molecule has 1 heterocycles. The number of aryl methyl sites for hydroxylation is 1. The molecular formula is C9H14N2. The molecule has 1 aromatic heterocycles. The topological polar surface area (TPSA) is 17.8 Å². The summed E-state index contributed by atoms with van der Waals surface area (Å²) in [6, 6.07) is 0. The van der Waals surface area contributed by atoms with E-state index in [1.807, 2.05) is 25.5 Å². The number of rotatable bonds is 2. The van der Waals surface area contributed by atoms with Crippen LogP contribution in [0.15, 0.2) is 25.0 Å². The van der Waals surface area contributed by atoms with Gasteiger partial charge in [-0.15, -0.1) is 6.58 Å². The molecule has 0 radical (unpaired) electrons. The van der Waals surface area contributed by atoms with Crippen LogP contribution in [0, 0.1) is 0 Å². The van der Waals surface area contributed by atoms with Gasteiger partial charge in [-0.1, -0.05) is 19.9 Å². The molecule has 11 heavy (non-hydrogen) atoms. The monoisotopic (exact) mass is 150 g/mol. The van der Waals surface area contributed by atoms with Gasteiger partial charge in [0.15, 0.2) is 0 Å². The predicted octanol–water partition coefficient (Wildman–Crippen LogP) is 1.88. The van der Waals surface area contributed by atoms with E-state index >= 15 is 0 Å². The van der Waals surface area contributed by atoms with Gasteiger partial charge in [0.2, 0.25) is 0 Å². The SMILES string of the molecule is C=CC(C)(C)c1cnn(C)c1. The van der Waals surface area contributed by atoms with Gasteiger partial charge in [0, 0.05) is 18.7 Å². The molecule has 0 bridgehead atoms. The van der Waals surface area contributed by atoms with Gasteiger partial charge in [-0.2, -0.15) is 5.10 Å². The summed E-state index contributed by atoms with van der Waals surface area (Å²) in [6.07, 6.45) is 5.83. The molecule has 0 spiro atoms. The van der Waals surface area contributed by atoms with Crippen molar-refractivity contribution in [2.75, 3.05) is 0 Å². The summed E-state index contributed by atoms with van der Waals surface area (Å²) in [4.78, 5) is 0. The highest BCUT2D eigenvalue weighted by atomic mass is 15.2. The van der Waals surface area contributed by atoms with E-state index in [0.717, 1.165) is 0 Å². The molecule has 0 saturated carbocycles. The van der Waals surface area contributed by atoms with Crippen LogP contribution in [0.25, 0.3) is 0 Å². The molecule has 0 saturated heterocycles. The molecule has 0 amide bonds. The van der Waals surface area contributed by atoms with Crippen LogP contribution in [-0.2, 0) is 12.5 Å². The Balaban J connectivity index is 3.01. The molecule has 0 aliphatic heterocycles. The molecular weight excluding hydrogens is 136 g/mol. The molecule has 1 aromatic rings. The van der Waals surface area contributed by atoms with Crippen LogP contribution >= 0.6 is 0 Å². The van der Waals surface area contributed by atoms with Crippen LogP contribution in [-0.4, -0.2) is 9.78 Å². The number of hydrogen-bond acceptors (Lipinski definition) is 1. The lowest BCUT2D eigenvalue weighted by molar-refractivity contribution is 0.669. The van der Waals surface area contributed by atoms with Crippen LogP contribution in [0.3, 0.4) is 0 Å². The van der Waals surface area contributed by atoms with E-state index in [1.54, 1.807) is 4.68 Å². The van der Waals surface area contributed by atoms with Crippen molar-refractivity contribution < 1.29 is 0 Å². The summed E-state index contributed by atoms with van der Waals surface area (Å²) in [5.74, 6) is 0. The zero-order chi connectivity index (χ0) is 8.48. The maximum atomic E-state index is 4.10. The van der Waals surface area contributed by atoms with Crippen LogP contribution in [0.4, 0.5) is 0 Å². The van der Waals surface area contributed by atoms with Gasteiger partial charge >= 0.3 is 0 Å². The van der Waals surface area contributed by atoms with Crippen molar-refractivity contribution in [2.45, 2.75) is 19.3 Å². The molecule has 0 atom stereocenters. The number of aromatic nitrogens is 2. The Morgan fingerprint density at radius 3 is 2.64 bits per heavy atom. The molecule has 2 nitrogen and oxygen atoms in total.